The summed E-state index contributed by atoms with van der Waals surface area (Å²) < 4.78 is 13.8. The Balaban J connectivity index is 2.28. The van der Waals surface area contributed by atoms with Crippen molar-refractivity contribution in [2.45, 2.75) is 25.7 Å². The van der Waals surface area contributed by atoms with E-state index in [0.29, 0.717) is 23.0 Å². The lowest BCUT2D eigenvalue weighted by Crippen LogP contribution is -2.45. The Morgan fingerprint density at radius 2 is 2.10 bits per heavy atom. The third-order valence-corrected chi connectivity index (χ3v) is 4.36. The molecule has 0 bridgehead atoms. The molecule has 1 saturated carbocycles. The second-order valence-corrected chi connectivity index (χ2v) is 5.71. The number of rotatable bonds is 3. The number of hydrogen-bond donors (Lipinski definition) is 3. The number of hydrogen-bond acceptors (Lipinski definition) is 3. The molecule has 0 aliphatic heterocycles. The standard InChI is InChI=1S/C13H15BrFN3O2/c14-9-4-3-8(15)7-10(9)17-12(19)13(11(16)18-20)5-1-2-6-13/h3-4,7,20H,1-2,5-6H2,(H2,16,18)(H,17,19). The van der Waals surface area contributed by atoms with E-state index in [1.54, 1.807) is 0 Å². The van der Waals surface area contributed by atoms with Crippen LogP contribution in [0.2, 0.25) is 0 Å². The molecule has 5 nitrogen and oxygen atoms in total. The van der Waals surface area contributed by atoms with Crippen LogP contribution >= 0.6 is 15.9 Å². The minimum atomic E-state index is -1.01. The molecule has 1 aliphatic carbocycles. The van der Waals surface area contributed by atoms with E-state index >= 15 is 0 Å². The molecule has 1 amide bonds. The smallest absolute Gasteiger partial charge is 0.238 e. The van der Waals surface area contributed by atoms with Crippen LogP contribution in [0.3, 0.4) is 0 Å². The maximum absolute atomic E-state index is 13.2. The van der Waals surface area contributed by atoms with Gasteiger partial charge in [-0.15, -0.1) is 0 Å². The zero-order valence-corrected chi connectivity index (χ0v) is 12.3. The number of anilines is 1. The molecule has 4 N–H and O–H groups in total. The highest BCUT2D eigenvalue weighted by atomic mass is 79.9. The van der Waals surface area contributed by atoms with Gasteiger partial charge >= 0.3 is 0 Å². The first-order chi connectivity index (χ1) is 9.49. The number of nitrogens with zero attached hydrogens (tertiary/aromatic N) is 1. The van der Waals surface area contributed by atoms with Crippen LogP contribution in [0, 0.1) is 11.2 Å². The molecule has 1 fully saturated rings. The number of benzene rings is 1. The number of nitrogens with one attached hydrogen (secondary N) is 1. The van der Waals surface area contributed by atoms with Crippen molar-refractivity contribution in [1.29, 1.82) is 0 Å². The average Bonchev–Trinajstić information content (AvgIpc) is 2.92. The molecule has 1 aromatic carbocycles. The third kappa shape index (κ3) is 2.63. The van der Waals surface area contributed by atoms with E-state index in [1.807, 2.05) is 0 Å². The zero-order valence-electron chi connectivity index (χ0n) is 10.7. The summed E-state index contributed by atoms with van der Waals surface area (Å²) >= 11 is 3.25. The van der Waals surface area contributed by atoms with Gasteiger partial charge in [0.25, 0.3) is 0 Å². The minimum Gasteiger partial charge on any atom is -0.409 e. The second kappa shape index (κ2) is 5.78. The van der Waals surface area contributed by atoms with Crippen molar-refractivity contribution in [2.24, 2.45) is 16.3 Å². The number of carbonyl (C=O) groups is 1. The van der Waals surface area contributed by atoms with Gasteiger partial charge in [-0.05, 0) is 47.0 Å². The van der Waals surface area contributed by atoms with E-state index in [4.69, 9.17) is 10.9 Å². The van der Waals surface area contributed by atoms with Gasteiger partial charge in [0.1, 0.15) is 11.2 Å². The summed E-state index contributed by atoms with van der Waals surface area (Å²) in [6.07, 6.45) is 2.69. The van der Waals surface area contributed by atoms with Crippen LogP contribution in [0.1, 0.15) is 25.7 Å². The maximum Gasteiger partial charge on any atom is 0.238 e. The Morgan fingerprint density at radius 3 is 2.70 bits per heavy atom. The van der Waals surface area contributed by atoms with E-state index in [9.17, 15) is 9.18 Å². The molecular weight excluding hydrogens is 329 g/mol. The van der Waals surface area contributed by atoms with Gasteiger partial charge < -0.3 is 16.3 Å². The number of carbonyl (C=O) groups excluding carboxylic acids is 1. The lowest BCUT2D eigenvalue weighted by molar-refractivity contribution is -0.122. The first-order valence-corrected chi connectivity index (χ1v) is 7.03. The lowest BCUT2D eigenvalue weighted by atomic mass is 9.83. The molecule has 0 radical (unpaired) electrons. The summed E-state index contributed by atoms with van der Waals surface area (Å²) in [6.45, 7) is 0. The summed E-state index contributed by atoms with van der Waals surface area (Å²) in [5.74, 6) is -0.926. The zero-order chi connectivity index (χ0) is 14.8. The number of halogens is 2. The van der Waals surface area contributed by atoms with Crippen LogP contribution in [-0.4, -0.2) is 17.0 Å². The quantitative estimate of drug-likeness (QED) is 0.341. The highest BCUT2D eigenvalue weighted by Crippen LogP contribution is 2.40. The summed E-state index contributed by atoms with van der Waals surface area (Å²) in [5.41, 5.74) is 5.00. The Bertz CT molecular complexity index is 557. The molecule has 7 heteroatoms. The highest BCUT2D eigenvalue weighted by Gasteiger charge is 2.45. The predicted octanol–water partition coefficient (Wildman–Crippen LogP) is 2.83. The minimum absolute atomic E-state index is 0.0972. The molecule has 0 atom stereocenters. The van der Waals surface area contributed by atoms with E-state index in [2.05, 4.69) is 26.4 Å². The largest absolute Gasteiger partial charge is 0.409 e. The van der Waals surface area contributed by atoms with Crippen molar-refractivity contribution in [3.05, 3.63) is 28.5 Å². The molecule has 0 spiro atoms. The van der Waals surface area contributed by atoms with Gasteiger partial charge in [0, 0.05) is 4.47 Å². The Labute approximate surface area is 124 Å². The first-order valence-electron chi connectivity index (χ1n) is 6.24. The Kier molecular flexibility index (Phi) is 4.27. The summed E-state index contributed by atoms with van der Waals surface area (Å²) in [4.78, 5) is 12.5. The molecule has 0 aromatic heterocycles. The van der Waals surface area contributed by atoms with Crippen LogP contribution < -0.4 is 11.1 Å². The second-order valence-electron chi connectivity index (χ2n) is 4.85. The van der Waals surface area contributed by atoms with Crippen molar-refractivity contribution in [2.75, 3.05) is 5.32 Å². The van der Waals surface area contributed by atoms with E-state index in [1.165, 1.54) is 18.2 Å². The molecule has 1 aliphatic rings. The molecule has 108 valence electrons. The normalized spacial score (nSPS) is 18.0. The van der Waals surface area contributed by atoms with Gasteiger partial charge in [-0.25, -0.2) is 4.39 Å². The van der Waals surface area contributed by atoms with Gasteiger partial charge in [-0.1, -0.05) is 18.0 Å². The molecule has 1 aromatic rings. The SMILES string of the molecule is N/C(=N/O)C1(C(=O)Nc2cc(F)ccc2Br)CCCC1. The summed E-state index contributed by atoms with van der Waals surface area (Å²) in [5, 5.41) is 14.5. The fourth-order valence-corrected chi connectivity index (χ4v) is 2.85. The summed E-state index contributed by atoms with van der Waals surface area (Å²) in [6, 6.07) is 4.02. The molecule has 20 heavy (non-hydrogen) atoms. The topological polar surface area (TPSA) is 87.7 Å². The molecule has 2 rings (SSSR count). The van der Waals surface area contributed by atoms with Crippen LogP contribution in [0.15, 0.2) is 27.8 Å². The summed E-state index contributed by atoms with van der Waals surface area (Å²) in [7, 11) is 0. The molecule has 0 unspecified atom stereocenters. The van der Waals surface area contributed by atoms with Crippen LogP contribution in [0.5, 0.6) is 0 Å². The van der Waals surface area contributed by atoms with Gasteiger partial charge in [0.05, 0.1) is 5.69 Å². The molecular formula is C13H15BrFN3O2. The van der Waals surface area contributed by atoms with Crippen LogP contribution in [0.4, 0.5) is 10.1 Å². The van der Waals surface area contributed by atoms with Gasteiger partial charge in [0.15, 0.2) is 5.84 Å². The number of nitrogens with two attached hydrogens (primary N) is 1. The van der Waals surface area contributed by atoms with Crippen molar-refractivity contribution < 1.29 is 14.4 Å². The van der Waals surface area contributed by atoms with E-state index in [-0.39, 0.29) is 11.7 Å². The van der Waals surface area contributed by atoms with Crippen molar-refractivity contribution in [1.82, 2.24) is 0 Å². The maximum atomic E-state index is 13.2. The van der Waals surface area contributed by atoms with E-state index < -0.39 is 11.2 Å². The average molecular weight is 344 g/mol. The monoisotopic (exact) mass is 343 g/mol. The van der Waals surface area contributed by atoms with Crippen molar-refractivity contribution in [3.63, 3.8) is 0 Å². The highest BCUT2D eigenvalue weighted by molar-refractivity contribution is 9.10. The van der Waals surface area contributed by atoms with Crippen molar-refractivity contribution in [3.8, 4) is 0 Å². The van der Waals surface area contributed by atoms with Crippen LogP contribution in [-0.2, 0) is 4.79 Å². The number of amidine groups is 1. The fourth-order valence-electron chi connectivity index (χ4n) is 2.51. The molecule has 0 heterocycles. The lowest BCUT2D eigenvalue weighted by Gasteiger charge is -2.26. The van der Waals surface area contributed by atoms with Crippen molar-refractivity contribution >= 4 is 33.4 Å². The van der Waals surface area contributed by atoms with Crippen LogP contribution in [0.25, 0.3) is 0 Å². The number of oxime groups is 1. The molecule has 0 saturated heterocycles. The Morgan fingerprint density at radius 1 is 1.45 bits per heavy atom. The number of amides is 1. The van der Waals surface area contributed by atoms with Gasteiger partial charge in [0.2, 0.25) is 5.91 Å². The van der Waals surface area contributed by atoms with E-state index in [0.717, 1.165) is 12.8 Å². The fraction of sp³-hybridized carbons (Fsp3) is 0.385. The Hall–Kier alpha value is -1.63. The first kappa shape index (κ1) is 14.8. The van der Waals surface area contributed by atoms with Gasteiger partial charge in [-0.2, -0.15) is 0 Å². The van der Waals surface area contributed by atoms with Gasteiger partial charge in [-0.3, -0.25) is 4.79 Å². The third-order valence-electron chi connectivity index (χ3n) is 3.67. The predicted molar refractivity (Wildman–Crippen MR) is 77.0 cm³/mol.